The van der Waals surface area contributed by atoms with Gasteiger partial charge in [-0.15, -0.1) is 0 Å². The van der Waals surface area contributed by atoms with Gasteiger partial charge in [-0.2, -0.15) is 0 Å². The lowest BCUT2D eigenvalue weighted by Gasteiger charge is -2.19. The van der Waals surface area contributed by atoms with Gasteiger partial charge in [0, 0.05) is 19.4 Å². The van der Waals surface area contributed by atoms with Crippen LogP contribution in [0.1, 0.15) is 27.2 Å². The lowest BCUT2D eigenvalue weighted by Crippen LogP contribution is -2.36. The average molecular weight is 155 g/mol. The lowest BCUT2D eigenvalue weighted by atomic mass is 10.1. The molecule has 0 unspecified atom stereocenters. The second-order valence-electron chi connectivity index (χ2n) is 3.20. The molecule has 2 amide bonds. The maximum atomic E-state index is 11.1. The average Bonchev–Trinajstić information content (AvgIpc) is 2.07. The first-order valence-electron chi connectivity index (χ1n) is 3.86. The molecular weight excluding hydrogens is 142 g/mol. The number of hydrogen-bond acceptors (Lipinski definition) is 2. The monoisotopic (exact) mass is 155 g/mol. The van der Waals surface area contributed by atoms with Gasteiger partial charge in [0.15, 0.2) is 0 Å². The number of carbonyl (C=O) groups excluding carboxylic acids is 2. The third-order valence-corrected chi connectivity index (χ3v) is 2.34. The second-order valence-corrected chi connectivity index (χ2v) is 3.20. The molecule has 0 aliphatic carbocycles. The van der Waals surface area contributed by atoms with Gasteiger partial charge < -0.3 is 0 Å². The minimum atomic E-state index is -0.133. The van der Waals surface area contributed by atoms with E-state index >= 15 is 0 Å². The Morgan fingerprint density at radius 2 is 2.09 bits per heavy atom. The number of carbonyl (C=O) groups is 2. The van der Waals surface area contributed by atoms with E-state index in [9.17, 15) is 9.59 Å². The SMILES string of the molecule is CC(=O)N1C(=O)C[C@H](C)[C@@H]1C. The fraction of sp³-hybridized carbons (Fsp3) is 0.750. The van der Waals surface area contributed by atoms with Gasteiger partial charge in [-0.1, -0.05) is 6.92 Å². The minimum Gasteiger partial charge on any atom is -0.280 e. The summed E-state index contributed by atoms with van der Waals surface area (Å²) in [7, 11) is 0. The molecule has 1 aliphatic rings. The maximum absolute atomic E-state index is 11.1. The summed E-state index contributed by atoms with van der Waals surface area (Å²) in [5.74, 6) is 0.149. The molecule has 2 atom stereocenters. The molecular formula is C8H13NO2. The molecule has 0 spiro atoms. The van der Waals surface area contributed by atoms with Gasteiger partial charge in [0.05, 0.1) is 0 Å². The lowest BCUT2D eigenvalue weighted by molar-refractivity contribution is -0.142. The number of amides is 2. The summed E-state index contributed by atoms with van der Waals surface area (Å²) in [5.41, 5.74) is 0. The highest BCUT2D eigenvalue weighted by Gasteiger charge is 2.36. The third kappa shape index (κ3) is 1.27. The Hall–Kier alpha value is -0.860. The Morgan fingerprint density at radius 3 is 2.27 bits per heavy atom. The standard InChI is InChI=1S/C8H13NO2/c1-5-4-8(11)9(6(5)2)7(3)10/h5-6H,4H2,1-3H3/t5-,6-/m0/s1. The van der Waals surface area contributed by atoms with E-state index in [4.69, 9.17) is 0 Å². The molecule has 0 saturated carbocycles. The molecule has 11 heavy (non-hydrogen) atoms. The number of imide groups is 1. The zero-order valence-electron chi connectivity index (χ0n) is 7.13. The van der Waals surface area contributed by atoms with Crippen LogP contribution in [0, 0.1) is 5.92 Å². The van der Waals surface area contributed by atoms with Crippen molar-refractivity contribution in [2.45, 2.75) is 33.2 Å². The normalized spacial score (nSPS) is 31.2. The van der Waals surface area contributed by atoms with Gasteiger partial charge in [0.2, 0.25) is 11.8 Å². The van der Waals surface area contributed by atoms with Gasteiger partial charge in [-0.25, -0.2) is 0 Å². The van der Waals surface area contributed by atoms with Crippen LogP contribution in [0.5, 0.6) is 0 Å². The molecule has 0 bridgehead atoms. The van der Waals surface area contributed by atoms with Crippen molar-refractivity contribution in [3.8, 4) is 0 Å². The van der Waals surface area contributed by atoms with Gasteiger partial charge in [-0.3, -0.25) is 14.5 Å². The largest absolute Gasteiger partial charge is 0.280 e. The Morgan fingerprint density at radius 1 is 1.55 bits per heavy atom. The molecule has 3 heteroatoms. The van der Waals surface area contributed by atoms with Crippen molar-refractivity contribution in [1.82, 2.24) is 4.90 Å². The first kappa shape index (κ1) is 8.24. The van der Waals surface area contributed by atoms with Crippen molar-refractivity contribution in [2.75, 3.05) is 0 Å². The number of rotatable bonds is 0. The number of likely N-dealkylation sites (tertiary alicyclic amines) is 1. The molecule has 1 heterocycles. The van der Waals surface area contributed by atoms with Crippen LogP contribution in [-0.2, 0) is 9.59 Å². The minimum absolute atomic E-state index is 0.0301. The maximum Gasteiger partial charge on any atom is 0.229 e. The van der Waals surface area contributed by atoms with Crippen molar-refractivity contribution < 1.29 is 9.59 Å². The fourth-order valence-electron chi connectivity index (χ4n) is 1.49. The van der Waals surface area contributed by atoms with Crippen LogP contribution in [0.4, 0.5) is 0 Å². The van der Waals surface area contributed by atoms with Gasteiger partial charge in [0.1, 0.15) is 0 Å². The summed E-state index contributed by atoms with van der Waals surface area (Å²) < 4.78 is 0. The van der Waals surface area contributed by atoms with Gasteiger partial charge >= 0.3 is 0 Å². The quantitative estimate of drug-likeness (QED) is 0.518. The zero-order valence-corrected chi connectivity index (χ0v) is 7.13. The van der Waals surface area contributed by atoms with Crippen molar-refractivity contribution in [1.29, 1.82) is 0 Å². The molecule has 1 fully saturated rings. The second kappa shape index (κ2) is 2.64. The Kier molecular flexibility index (Phi) is 1.98. The smallest absolute Gasteiger partial charge is 0.229 e. The van der Waals surface area contributed by atoms with Crippen molar-refractivity contribution >= 4 is 11.8 Å². The van der Waals surface area contributed by atoms with Crippen LogP contribution in [-0.4, -0.2) is 22.8 Å². The summed E-state index contributed by atoms with van der Waals surface area (Å²) in [6.07, 6.45) is 0.515. The van der Waals surface area contributed by atoms with Crippen molar-refractivity contribution in [3.05, 3.63) is 0 Å². The first-order valence-corrected chi connectivity index (χ1v) is 3.86. The Bertz CT molecular complexity index is 200. The predicted octanol–water partition coefficient (Wildman–Crippen LogP) is 0.790. The molecule has 0 N–H and O–H groups in total. The van der Waals surface area contributed by atoms with Crippen molar-refractivity contribution in [2.24, 2.45) is 5.92 Å². The topological polar surface area (TPSA) is 37.4 Å². The highest BCUT2D eigenvalue weighted by molar-refractivity contribution is 5.96. The molecule has 0 aromatic heterocycles. The van der Waals surface area contributed by atoms with Crippen LogP contribution in [0.15, 0.2) is 0 Å². The van der Waals surface area contributed by atoms with E-state index in [0.717, 1.165) is 0 Å². The van der Waals surface area contributed by atoms with Gasteiger partial charge in [-0.05, 0) is 12.8 Å². The predicted molar refractivity (Wildman–Crippen MR) is 40.8 cm³/mol. The van der Waals surface area contributed by atoms with Crippen molar-refractivity contribution in [3.63, 3.8) is 0 Å². The van der Waals surface area contributed by atoms with E-state index in [1.807, 2.05) is 13.8 Å². The van der Waals surface area contributed by atoms with E-state index in [2.05, 4.69) is 0 Å². The third-order valence-electron chi connectivity index (χ3n) is 2.34. The van der Waals surface area contributed by atoms with E-state index in [0.29, 0.717) is 12.3 Å². The van der Waals surface area contributed by atoms with Crippen LogP contribution in [0.2, 0.25) is 0 Å². The summed E-state index contributed by atoms with van der Waals surface area (Å²) in [6, 6.07) is 0.0833. The fourth-order valence-corrected chi connectivity index (χ4v) is 1.49. The Balaban J connectivity index is 2.79. The first-order chi connectivity index (χ1) is 5.04. The van der Waals surface area contributed by atoms with E-state index in [-0.39, 0.29) is 17.9 Å². The molecule has 0 aromatic rings. The molecule has 1 rings (SSSR count). The number of hydrogen-bond donors (Lipinski definition) is 0. The summed E-state index contributed by atoms with van der Waals surface area (Å²) in [5, 5.41) is 0. The van der Waals surface area contributed by atoms with E-state index in [1.165, 1.54) is 11.8 Å². The van der Waals surface area contributed by atoms with E-state index in [1.54, 1.807) is 0 Å². The molecule has 0 aromatic carbocycles. The summed E-state index contributed by atoms with van der Waals surface area (Å²) in [6.45, 7) is 5.34. The number of nitrogens with zero attached hydrogens (tertiary/aromatic N) is 1. The molecule has 1 saturated heterocycles. The highest BCUT2D eigenvalue weighted by atomic mass is 16.2. The van der Waals surface area contributed by atoms with Crippen LogP contribution in [0.3, 0.4) is 0 Å². The highest BCUT2D eigenvalue weighted by Crippen LogP contribution is 2.24. The molecule has 0 radical (unpaired) electrons. The van der Waals surface area contributed by atoms with Gasteiger partial charge in [0.25, 0.3) is 0 Å². The summed E-state index contributed by atoms with van der Waals surface area (Å²) in [4.78, 5) is 23.4. The van der Waals surface area contributed by atoms with Crippen LogP contribution in [0.25, 0.3) is 0 Å². The van der Waals surface area contributed by atoms with Crippen LogP contribution < -0.4 is 0 Å². The molecule has 3 nitrogen and oxygen atoms in total. The molecule has 1 aliphatic heterocycles. The molecule has 62 valence electrons. The zero-order chi connectivity index (χ0) is 8.59. The van der Waals surface area contributed by atoms with Crippen LogP contribution >= 0.6 is 0 Å². The van der Waals surface area contributed by atoms with E-state index < -0.39 is 0 Å². The Labute approximate surface area is 66.4 Å². The summed E-state index contributed by atoms with van der Waals surface area (Å²) >= 11 is 0.